The maximum atomic E-state index is 5.59. The topological polar surface area (TPSA) is 9.23 Å². The molecule has 64 valence electrons. The lowest BCUT2D eigenvalue weighted by molar-refractivity contribution is 0.234. The summed E-state index contributed by atoms with van der Waals surface area (Å²) in [5, 5.41) is 0. The van der Waals surface area contributed by atoms with Crippen molar-refractivity contribution in [1.29, 1.82) is 0 Å². The minimum absolute atomic E-state index is 0.666. The van der Waals surface area contributed by atoms with Gasteiger partial charge in [0.05, 0.1) is 6.61 Å². The molecule has 0 spiro atoms. The highest BCUT2D eigenvalue weighted by Gasteiger charge is 2.15. The molecule has 0 saturated carbocycles. The van der Waals surface area contributed by atoms with E-state index in [1.165, 1.54) is 11.1 Å². The number of hydrogen-bond donors (Lipinski definition) is 0. The van der Waals surface area contributed by atoms with Gasteiger partial charge in [-0.15, -0.1) is 0 Å². The first-order valence-electron chi connectivity index (χ1n) is 4.48. The van der Waals surface area contributed by atoms with Gasteiger partial charge in [0.25, 0.3) is 0 Å². The fraction of sp³-hybridized carbons (Fsp3) is 0.455. The van der Waals surface area contributed by atoms with Crippen molar-refractivity contribution in [3.8, 4) is 5.75 Å². The van der Waals surface area contributed by atoms with Gasteiger partial charge in [-0.25, -0.2) is 0 Å². The van der Waals surface area contributed by atoms with E-state index in [1.54, 1.807) is 0 Å². The third kappa shape index (κ3) is 1.31. The van der Waals surface area contributed by atoms with Gasteiger partial charge in [0.15, 0.2) is 0 Å². The molecule has 0 aromatic heterocycles. The van der Waals surface area contributed by atoms with Crippen molar-refractivity contribution in [3.05, 3.63) is 29.3 Å². The highest BCUT2D eigenvalue weighted by Crippen LogP contribution is 2.27. The Hall–Kier alpha value is -0.980. The van der Waals surface area contributed by atoms with Gasteiger partial charge in [0.1, 0.15) is 5.75 Å². The van der Waals surface area contributed by atoms with Gasteiger partial charge in [-0.3, -0.25) is 0 Å². The van der Waals surface area contributed by atoms with Crippen molar-refractivity contribution in [3.63, 3.8) is 0 Å². The van der Waals surface area contributed by atoms with Crippen LogP contribution in [0.3, 0.4) is 0 Å². The highest BCUT2D eigenvalue weighted by atomic mass is 16.5. The van der Waals surface area contributed by atoms with Gasteiger partial charge >= 0.3 is 0 Å². The van der Waals surface area contributed by atoms with Crippen LogP contribution in [-0.4, -0.2) is 6.61 Å². The van der Waals surface area contributed by atoms with E-state index in [0.29, 0.717) is 5.92 Å². The fourth-order valence-electron chi connectivity index (χ4n) is 1.67. The third-order valence-electron chi connectivity index (χ3n) is 2.31. The average Bonchev–Trinajstić information content (AvgIpc) is 2.03. The molecule has 1 atom stereocenters. The Bertz CT molecular complexity index is 291. The Morgan fingerprint density at radius 3 is 3.08 bits per heavy atom. The largest absolute Gasteiger partial charge is 0.493 e. The minimum atomic E-state index is 0.666. The monoisotopic (exact) mass is 162 g/mol. The Morgan fingerprint density at radius 1 is 1.42 bits per heavy atom. The normalized spacial score (nSPS) is 21.3. The Morgan fingerprint density at radius 2 is 2.25 bits per heavy atom. The first-order chi connectivity index (χ1) is 5.75. The van der Waals surface area contributed by atoms with Crippen LogP contribution >= 0.6 is 0 Å². The molecule has 1 heteroatoms. The predicted octanol–water partition coefficient (Wildman–Crippen LogP) is 2.57. The van der Waals surface area contributed by atoms with Gasteiger partial charge < -0.3 is 4.74 Å². The summed E-state index contributed by atoms with van der Waals surface area (Å²) in [6.45, 7) is 5.22. The number of aryl methyl sites for hydroxylation is 1. The molecule has 12 heavy (non-hydrogen) atoms. The zero-order valence-corrected chi connectivity index (χ0v) is 7.63. The van der Waals surface area contributed by atoms with E-state index in [1.807, 2.05) is 0 Å². The lowest BCUT2D eigenvalue weighted by Gasteiger charge is -2.22. The minimum Gasteiger partial charge on any atom is -0.493 e. The van der Waals surface area contributed by atoms with Crippen LogP contribution in [0, 0.1) is 12.8 Å². The van der Waals surface area contributed by atoms with Gasteiger partial charge in [-0.1, -0.05) is 24.6 Å². The molecule has 0 bridgehead atoms. The molecule has 0 radical (unpaired) electrons. The average molecular weight is 162 g/mol. The first-order valence-corrected chi connectivity index (χ1v) is 4.48. The number of fused-ring (bicyclic) bond motifs is 1. The van der Waals surface area contributed by atoms with E-state index in [0.717, 1.165) is 18.8 Å². The summed E-state index contributed by atoms with van der Waals surface area (Å²) in [6, 6.07) is 6.41. The standard InChI is InChI=1S/C11H14O/c1-8-3-4-11-10(5-8)6-9(2)7-12-11/h3-5,9H,6-7H2,1-2H3. The van der Waals surface area contributed by atoms with Crippen LogP contribution in [0.15, 0.2) is 18.2 Å². The van der Waals surface area contributed by atoms with Gasteiger partial charge in [-0.2, -0.15) is 0 Å². The quantitative estimate of drug-likeness (QED) is 0.569. The highest BCUT2D eigenvalue weighted by molar-refractivity contribution is 5.38. The van der Waals surface area contributed by atoms with Crippen LogP contribution in [0.1, 0.15) is 18.1 Å². The van der Waals surface area contributed by atoms with Crippen molar-refractivity contribution in [1.82, 2.24) is 0 Å². The first kappa shape index (κ1) is 7.66. The Labute approximate surface area is 73.4 Å². The van der Waals surface area contributed by atoms with E-state index in [4.69, 9.17) is 4.74 Å². The van der Waals surface area contributed by atoms with Crippen LogP contribution in [-0.2, 0) is 6.42 Å². The maximum Gasteiger partial charge on any atom is 0.122 e. The summed E-state index contributed by atoms with van der Waals surface area (Å²) in [7, 11) is 0. The summed E-state index contributed by atoms with van der Waals surface area (Å²) < 4.78 is 5.59. The van der Waals surface area contributed by atoms with Gasteiger partial charge in [0, 0.05) is 0 Å². The molecule has 0 fully saturated rings. The molecule has 0 saturated heterocycles. The molecule has 1 aliphatic heterocycles. The van der Waals surface area contributed by atoms with E-state index >= 15 is 0 Å². The van der Waals surface area contributed by atoms with Gasteiger partial charge in [-0.05, 0) is 30.9 Å². The van der Waals surface area contributed by atoms with Crippen LogP contribution in [0.25, 0.3) is 0 Å². The lowest BCUT2D eigenvalue weighted by Crippen LogP contribution is -2.17. The molecular weight excluding hydrogens is 148 g/mol. The van der Waals surface area contributed by atoms with Crippen molar-refractivity contribution < 1.29 is 4.74 Å². The molecule has 1 aromatic carbocycles. The number of ether oxygens (including phenoxy) is 1. The summed E-state index contributed by atoms with van der Waals surface area (Å²) in [6.07, 6.45) is 1.16. The summed E-state index contributed by atoms with van der Waals surface area (Å²) in [4.78, 5) is 0. The van der Waals surface area contributed by atoms with Crippen LogP contribution in [0.4, 0.5) is 0 Å². The molecule has 1 heterocycles. The summed E-state index contributed by atoms with van der Waals surface area (Å²) in [5.74, 6) is 1.75. The summed E-state index contributed by atoms with van der Waals surface area (Å²) >= 11 is 0. The molecular formula is C11H14O. The second-order valence-electron chi connectivity index (χ2n) is 3.73. The molecule has 1 aliphatic rings. The predicted molar refractivity (Wildman–Crippen MR) is 49.5 cm³/mol. The smallest absolute Gasteiger partial charge is 0.122 e. The molecule has 1 unspecified atom stereocenters. The van der Waals surface area contributed by atoms with Crippen LogP contribution in [0.2, 0.25) is 0 Å². The van der Waals surface area contributed by atoms with Crippen molar-refractivity contribution >= 4 is 0 Å². The SMILES string of the molecule is Cc1ccc2c(c1)CC(C)CO2. The fourth-order valence-corrected chi connectivity index (χ4v) is 1.67. The van der Waals surface area contributed by atoms with Crippen molar-refractivity contribution in [2.45, 2.75) is 20.3 Å². The van der Waals surface area contributed by atoms with Crippen molar-refractivity contribution in [2.24, 2.45) is 5.92 Å². The van der Waals surface area contributed by atoms with Crippen LogP contribution in [0.5, 0.6) is 5.75 Å². The van der Waals surface area contributed by atoms with Crippen molar-refractivity contribution in [2.75, 3.05) is 6.61 Å². The Balaban J connectivity index is 2.37. The Kier molecular flexibility index (Phi) is 1.80. The van der Waals surface area contributed by atoms with E-state index in [9.17, 15) is 0 Å². The maximum absolute atomic E-state index is 5.59. The van der Waals surface area contributed by atoms with E-state index in [2.05, 4.69) is 32.0 Å². The molecule has 1 nitrogen and oxygen atoms in total. The lowest BCUT2D eigenvalue weighted by atomic mass is 9.97. The zero-order valence-electron chi connectivity index (χ0n) is 7.63. The van der Waals surface area contributed by atoms with E-state index < -0.39 is 0 Å². The molecule has 2 rings (SSSR count). The van der Waals surface area contributed by atoms with Crippen LogP contribution < -0.4 is 4.74 Å². The van der Waals surface area contributed by atoms with E-state index in [-0.39, 0.29) is 0 Å². The molecule has 0 amide bonds. The second-order valence-corrected chi connectivity index (χ2v) is 3.73. The molecule has 0 N–H and O–H groups in total. The molecule has 0 aliphatic carbocycles. The second kappa shape index (κ2) is 2.81. The number of benzene rings is 1. The zero-order chi connectivity index (χ0) is 8.55. The molecule has 1 aromatic rings. The van der Waals surface area contributed by atoms with Gasteiger partial charge in [0.2, 0.25) is 0 Å². The summed E-state index contributed by atoms with van der Waals surface area (Å²) in [5.41, 5.74) is 2.69. The number of hydrogen-bond acceptors (Lipinski definition) is 1. The third-order valence-corrected chi connectivity index (χ3v) is 2.31. The number of rotatable bonds is 0.